The number of carbonyl (C=O) groups excluding carboxylic acids is 3. The van der Waals surface area contributed by atoms with Crippen molar-refractivity contribution in [2.24, 2.45) is 7.05 Å². The fraction of sp³-hybridized carbons (Fsp3) is 0.294. The number of hydrogen-bond acceptors (Lipinski definition) is 6. The Morgan fingerprint density at radius 1 is 1.28 bits per heavy atom. The molecular formula is C17H18N2O6. The van der Waals surface area contributed by atoms with Crippen LogP contribution in [0.4, 0.5) is 5.69 Å². The lowest BCUT2D eigenvalue weighted by Crippen LogP contribution is -2.26. The second-order valence-electron chi connectivity index (χ2n) is 5.29. The Labute approximate surface area is 143 Å². The number of Topliss-reactive ketones (excluding diaryl/α,β-unsaturated/α-hetero) is 1. The molecule has 1 amide bonds. The van der Waals surface area contributed by atoms with Crippen molar-refractivity contribution in [3.05, 3.63) is 40.5 Å². The Bertz CT molecular complexity index is 934. The lowest BCUT2D eigenvalue weighted by Gasteiger charge is -2.18. The van der Waals surface area contributed by atoms with Crippen LogP contribution < -0.4 is 10.7 Å². The molecule has 0 saturated carbocycles. The molecule has 0 aliphatic rings. The highest BCUT2D eigenvalue weighted by atomic mass is 16.5. The highest BCUT2D eigenvalue weighted by Gasteiger charge is 2.20. The lowest BCUT2D eigenvalue weighted by atomic mass is 10.2. The first-order chi connectivity index (χ1) is 11.8. The Morgan fingerprint density at radius 2 is 1.96 bits per heavy atom. The summed E-state index contributed by atoms with van der Waals surface area (Å²) in [5, 5.41) is 0. The molecule has 0 N–H and O–H groups in total. The lowest BCUT2D eigenvalue weighted by molar-refractivity contribution is -0.139. The Morgan fingerprint density at radius 3 is 2.52 bits per heavy atom. The molecule has 0 atom stereocenters. The van der Waals surface area contributed by atoms with E-state index in [0.717, 1.165) is 11.1 Å². The van der Waals surface area contributed by atoms with Crippen molar-refractivity contribution in [1.82, 2.24) is 4.57 Å². The average molecular weight is 346 g/mol. The van der Waals surface area contributed by atoms with E-state index in [2.05, 4.69) is 0 Å². The van der Waals surface area contributed by atoms with E-state index < -0.39 is 23.4 Å². The van der Waals surface area contributed by atoms with Crippen molar-refractivity contribution < 1.29 is 23.5 Å². The van der Waals surface area contributed by atoms with Crippen molar-refractivity contribution in [3.63, 3.8) is 0 Å². The minimum Gasteiger partial charge on any atom is -0.462 e. The summed E-state index contributed by atoms with van der Waals surface area (Å²) in [6.07, 6.45) is 1.13. The number of fused-ring (bicyclic) bond motifs is 1. The van der Waals surface area contributed by atoms with Gasteiger partial charge in [0.2, 0.25) is 5.91 Å². The number of aromatic nitrogens is 1. The molecule has 2 aromatic rings. The number of rotatable bonds is 5. The number of nitrogens with zero attached hydrogens (tertiary/aromatic N) is 2. The molecule has 0 saturated heterocycles. The van der Waals surface area contributed by atoms with Crippen LogP contribution in [0.15, 0.2) is 39.2 Å². The molecule has 0 bridgehead atoms. The summed E-state index contributed by atoms with van der Waals surface area (Å²) in [5.41, 5.74) is 0.924. The Balaban J connectivity index is 2.55. The van der Waals surface area contributed by atoms with Crippen LogP contribution in [-0.4, -0.2) is 28.8 Å². The van der Waals surface area contributed by atoms with Crippen molar-refractivity contribution in [3.8, 4) is 0 Å². The zero-order valence-electron chi connectivity index (χ0n) is 14.4. The molecule has 1 aromatic carbocycles. The topological polar surface area (TPSA) is 98.8 Å². The summed E-state index contributed by atoms with van der Waals surface area (Å²) in [6, 6.07) is 4.67. The highest BCUT2D eigenvalue weighted by molar-refractivity contribution is 6.17. The van der Waals surface area contributed by atoms with Gasteiger partial charge in [-0.2, -0.15) is 0 Å². The van der Waals surface area contributed by atoms with Crippen LogP contribution in [-0.2, 0) is 26.2 Å². The summed E-state index contributed by atoms with van der Waals surface area (Å²) in [7, 11) is 1.56. The fourth-order valence-electron chi connectivity index (χ4n) is 2.24. The van der Waals surface area contributed by atoms with Gasteiger partial charge in [-0.05, 0) is 26.0 Å². The SMILES string of the molecule is CCOC(=O)/C(=C/N(C(C)=O)c1ccc2c(c1)oc(=O)n2C)C(C)=O. The van der Waals surface area contributed by atoms with Gasteiger partial charge in [0.1, 0.15) is 5.57 Å². The number of carbonyl (C=O) groups is 3. The average Bonchev–Trinajstić information content (AvgIpc) is 2.81. The molecule has 0 radical (unpaired) electrons. The predicted octanol–water partition coefficient (Wildman–Crippen LogP) is 1.52. The van der Waals surface area contributed by atoms with Crippen LogP contribution in [0.2, 0.25) is 0 Å². The fourth-order valence-corrected chi connectivity index (χ4v) is 2.24. The smallest absolute Gasteiger partial charge is 0.419 e. The van der Waals surface area contributed by atoms with E-state index in [1.807, 2.05) is 0 Å². The standard InChI is InChI=1S/C17H18N2O6/c1-5-24-16(22)13(10(2)20)9-19(11(3)21)12-6-7-14-15(8-12)25-17(23)18(14)4/h6-9H,5H2,1-4H3/b13-9+. The third-order valence-corrected chi connectivity index (χ3v) is 3.53. The number of benzene rings is 1. The van der Waals surface area contributed by atoms with Gasteiger partial charge >= 0.3 is 11.7 Å². The third-order valence-electron chi connectivity index (χ3n) is 3.53. The van der Waals surface area contributed by atoms with Crippen molar-refractivity contribution >= 4 is 34.4 Å². The number of hydrogen-bond donors (Lipinski definition) is 0. The summed E-state index contributed by atoms with van der Waals surface area (Å²) in [4.78, 5) is 48.4. The second kappa shape index (κ2) is 7.16. The summed E-state index contributed by atoms with van der Waals surface area (Å²) >= 11 is 0. The maximum Gasteiger partial charge on any atom is 0.419 e. The molecule has 132 valence electrons. The summed E-state index contributed by atoms with van der Waals surface area (Å²) in [6.45, 7) is 4.21. The van der Waals surface area contributed by atoms with Crippen molar-refractivity contribution in [2.75, 3.05) is 11.5 Å². The molecule has 2 rings (SSSR count). The van der Waals surface area contributed by atoms with Crippen LogP contribution in [0.3, 0.4) is 0 Å². The number of esters is 1. The van der Waals surface area contributed by atoms with E-state index >= 15 is 0 Å². The Hall–Kier alpha value is -3.16. The summed E-state index contributed by atoms with van der Waals surface area (Å²) < 4.78 is 11.3. The van der Waals surface area contributed by atoms with Crippen LogP contribution >= 0.6 is 0 Å². The van der Waals surface area contributed by atoms with Crippen LogP contribution in [0.25, 0.3) is 11.1 Å². The number of ether oxygens (including phenoxy) is 1. The molecule has 1 heterocycles. The third kappa shape index (κ3) is 3.68. The quantitative estimate of drug-likeness (QED) is 0.352. The minimum atomic E-state index is -0.812. The molecule has 8 nitrogen and oxygen atoms in total. The number of aryl methyl sites for hydroxylation is 1. The minimum absolute atomic E-state index is 0.102. The van der Waals surface area contributed by atoms with Crippen molar-refractivity contribution in [1.29, 1.82) is 0 Å². The van der Waals surface area contributed by atoms with Gasteiger partial charge in [0.15, 0.2) is 11.4 Å². The first kappa shape index (κ1) is 18.2. The van der Waals surface area contributed by atoms with Gasteiger partial charge in [0, 0.05) is 26.2 Å². The predicted molar refractivity (Wildman–Crippen MR) is 90.0 cm³/mol. The zero-order valence-corrected chi connectivity index (χ0v) is 14.4. The number of anilines is 1. The zero-order chi connectivity index (χ0) is 18.7. The first-order valence-electron chi connectivity index (χ1n) is 7.55. The molecule has 8 heteroatoms. The Kier molecular flexibility index (Phi) is 5.21. The van der Waals surface area contributed by atoms with Gasteiger partial charge in [-0.25, -0.2) is 9.59 Å². The van der Waals surface area contributed by atoms with Gasteiger partial charge < -0.3 is 9.15 Å². The van der Waals surface area contributed by atoms with Crippen LogP contribution in [0, 0.1) is 0 Å². The number of ketones is 1. The van der Waals surface area contributed by atoms with Gasteiger partial charge in [0.25, 0.3) is 0 Å². The highest BCUT2D eigenvalue weighted by Crippen LogP contribution is 2.23. The summed E-state index contributed by atoms with van der Waals surface area (Å²) in [5.74, 6) is -2.31. The largest absolute Gasteiger partial charge is 0.462 e. The second-order valence-corrected chi connectivity index (χ2v) is 5.29. The van der Waals surface area contributed by atoms with Gasteiger partial charge in [-0.1, -0.05) is 0 Å². The molecule has 0 aliphatic heterocycles. The van der Waals surface area contributed by atoms with Crippen LogP contribution in [0.5, 0.6) is 0 Å². The van der Waals surface area contributed by atoms with E-state index in [4.69, 9.17) is 9.15 Å². The molecule has 0 spiro atoms. The number of amides is 1. The van der Waals surface area contributed by atoms with E-state index in [1.165, 1.54) is 24.5 Å². The maximum absolute atomic E-state index is 12.0. The molecule has 0 fully saturated rings. The van der Waals surface area contributed by atoms with Gasteiger partial charge in [-0.15, -0.1) is 0 Å². The monoisotopic (exact) mass is 346 g/mol. The molecular weight excluding hydrogens is 328 g/mol. The molecule has 25 heavy (non-hydrogen) atoms. The van der Waals surface area contributed by atoms with Gasteiger partial charge in [-0.3, -0.25) is 19.1 Å². The number of oxazole rings is 1. The van der Waals surface area contributed by atoms with E-state index in [0.29, 0.717) is 11.2 Å². The first-order valence-corrected chi connectivity index (χ1v) is 7.55. The van der Waals surface area contributed by atoms with E-state index in [1.54, 1.807) is 26.1 Å². The van der Waals surface area contributed by atoms with E-state index in [9.17, 15) is 19.2 Å². The molecule has 1 aromatic heterocycles. The van der Waals surface area contributed by atoms with Gasteiger partial charge in [0.05, 0.1) is 17.8 Å². The molecule has 0 unspecified atom stereocenters. The maximum atomic E-state index is 12.0. The molecule has 0 aliphatic carbocycles. The van der Waals surface area contributed by atoms with Crippen LogP contribution in [0.1, 0.15) is 20.8 Å². The normalized spacial score (nSPS) is 11.4. The van der Waals surface area contributed by atoms with Crippen molar-refractivity contribution in [2.45, 2.75) is 20.8 Å². The van der Waals surface area contributed by atoms with E-state index in [-0.39, 0.29) is 17.8 Å².